The number of benzene rings is 2. The summed E-state index contributed by atoms with van der Waals surface area (Å²) in [6.45, 7) is 5.84. The first kappa shape index (κ1) is 22.8. The number of rotatable bonds is 8. The van der Waals surface area contributed by atoms with Crippen molar-refractivity contribution in [2.75, 3.05) is 49.1 Å². The Morgan fingerprint density at radius 1 is 0.824 bits per heavy atom. The summed E-state index contributed by atoms with van der Waals surface area (Å²) in [6, 6.07) is 15.3. The Labute approximate surface area is 205 Å². The molecule has 2 aromatic carbocycles. The van der Waals surface area contributed by atoms with Crippen molar-refractivity contribution in [3.63, 3.8) is 0 Å². The summed E-state index contributed by atoms with van der Waals surface area (Å²) in [6.07, 6.45) is 6.13. The number of piperazine rings is 1. The number of halogens is 1. The highest BCUT2D eigenvalue weighted by molar-refractivity contribution is 6.52. The fraction of sp³-hybridized carbons (Fsp3) is 0.370. The number of carbonyl (C=O) groups is 2. The van der Waals surface area contributed by atoms with E-state index < -0.39 is 0 Å². The van der Waals surface area contributed by atoms with Crippen molar-refractivity contribution in [3.8, 4) is 0 Å². The van der Waals surface area contributed by atoms with E-state index in [9.17, 15) is 9.59 Å². The van der Waals surface area contributed by atoms with Gasteiger partial charge in [-0.25, -0.2) is 0 Å². The van der Waals surface area contributed by atoms with Crippen molar-refractivity contribution in [2.24, 2.45) is 0 Å². The van der Waals surface area contributed by atoms with E-state index in [4.69, 9.17) is 11.6 Å². The molecule has 1 amide bonds. The van der Waals surface area contributed by atoms with Gasteiger partial charge in [0.1, 0.15) is 0 Å². The maximum Gasteiger partial charge on any atom is 0.299 e. The maximum atomic E-state index is 12.3. The molecule has 2 aliphatic heterocycles. The summed E-state index contributed by atoms with van der Waals surface area (Å²) in [5, 5.41) is 1.87. The molecule has 3 aromatic rings. The van der Waals surface area contributed by atoms with Gasteiger partial charge in [0.2, 0.25) is 0 Å². The molecular weight excluding hydrogens is 448 g/mol. The zero-order valence-electron chi connectivity index (χ0n) is 19.3. The molecule has 7 heteroatoms. The van der Waals surface area contributed by atoms with Crippen molar-refractivity contribution >= 4 is 45.6 Å². The van der Waals surface area contributed by atoms with Gasteiger partial charge in [-0.05, 0) is 55.8 Å². The Bertz CT molecular complexity index is 1210. The third-order valence-corrected chi connectivity index (χ3v) is 7.11. The highest BCUT2D eigenvalue weighted by Crippen LogP contribution is 2.29. The zero-order chi connectivity index (χ0) is 23.5. The Morgan fingerprint density at radius 2 is 1.59 bits per heavy atom. The van der Waals surface area contributed by atoms with Gasteiger partial charge in [-0.15, -0.1) is 0 Å². The highest BCUT2D eigenvalue weighted by Gasteiger charge is 2.34. The van der Waals surface area contributed by atoms with Crippen LogP contribution in [-0.2, 0) is 4.79 Å². The number of ketones is 1. The summed E-state index contributed by atoms with van der Waals surface area (Å²) in [4.78, 5) is 35.5. The molecule has 0 N–H and O–H groups in total. The number of anilines is 2. The fourth-order valence-corrected chi connectivity index (χ4v) is 5.19. The monoisotopic (exact) mass is 476 g/mol. The molecule has 0 atom stereocenters. The standard InChI is InChI=1S/C27H29ClN4O2/c28-20-9-10-21-23(19-20)29-12-11-24(21)31-17-15-30(16-18-31)13-5-1-2-6-14-32-25-8-4-3-7-22(25)26(33)27(32)34/h3-4,7-12,19H,1-2,5-6,13-18H2. The molecule has 0 saturated carbocycles. The molecule has 5 rings (SSSR count). The number of aromatic nitrogens is 1. The maximum absolute atomic E-state index is 12.3. The van der Waals surface area contributed by atoms with Crippen LogP contribution in [0.25, 0.3) is 10.9 Å². The SMILES string of the molecule is O=C1C(=O)N(CCCCCCN2CCN(c3ccnc4cc(Cl)ccc34)CC2)c2ccccc21. The Hall–Kier alpha value is -2.96. The van der Waals surface area contributed by atoms with Crippen molar-refractivity contribution in [2.45, 2.75) is 25.7 Å². The first-order valence-electron chi connectivity index (χ1n) is 12.1. The Kier molecular flexibility index (Phi) is 6.79. The van der Waals surface area contributed by atoms with E-state index in [0.29, 0.717) is 17.1 Å². The van der Waals surface area contributed by atoms with Crippen LogP contribution in [0.4, 0.5) is 11.4 Å². The molecule has 34 heavy (non-hydrogen) atoms. The predicted molar refractivity (Wildman–Crippen MR) is 137 cm³/mol. The lowest BCUT2D eigenvalue weighted by atomic mass is 10.1. The molecule has 0 radical (unpaired) electrons. The average Bonchev–Trinajstić information content (AvgIpc) is 3.11. The smallest absolute Gasteiger partial charge is 0.299 e. The van der Waals surface area contributed by atoms with Crippen LogP contribution < -0.4 is 9.80 Å². The van der Waals surface area contributed by atoms with E-state index in [1.165, 1.54) is 5.69 Å². The molecular formula is C27H29ClN4O2. The second-order valence-electron chi connectivity index (χ2n) is 9.04. The molecule has 0 bridgehead atoms. The highest BCUT2D eigenvalue weighted by atomic mass is 35.5. The largest absolute Gasteiger partial charge is 0.368 e. The van der Waals surface area contributed by atoms with Crippen LogP contribution in [0.5, 0.6) is 0 Å². The number of unbranched alkanes of at least 4 members (excludes halogenated alkanes) is 3. The third-order valence-electron chi connectivity index (χ3n) is 6.88. The van der Waals surface area contributed by atoms with Gasteiger partial charge in [0.05, 0.1) is 16.8 Å². The third kappa shape index (κ3) is 4.65. The van der Waals surface area contributed by atoms with Gasteiger partial charge < -0.3 is 9.80 Å². The summed E-state index contributed by atoms with van der Waals surface area (Å²) in [7, 11) is 0. The van der Waals surface area contributed by atoms with Crippen LogP contribution in [-0.4, -0.2) is 60.8 Å². The first-order valence-corrected chi connectivity index (χ1v) is 12.5. The van der Waals surface area contributed by atoms with Gasteiger partial charge in [0.25, 0.3) is 11.7 Å². The lowest BCUT2D eigenvalue weighted by Crippen LogP contribution is -2.46. The lowest BCUT2D eigenvalue weighted by Gasteiger charge is -2.36. The molecule has 0 aliphatic carbocycles. The topological polar surface area (TPSA) is 56.8 Å². The first-order chi connectivity index (χ1) is 16.6. The van der Waals surface area contributed by atoms with E-state index in [1.54, 1.807) is 11.0 Å². The fourth-order valence-electron chi connectivity index (χ4n) is 5.02. The number of carbonyl (C=O) groups excluding carboxylic acids is 2. The molecule has 0 spiro atoms. The van der Waals surface area contributed by atoms with Crippen LogP contribution in [0.1, 0.15) is 36.0 Å². The number of hydrogen-bond acceptors (Lipinski definition) is 5. The van der Waals surface area contributed by atoms with E-state index in [1.807, 2.05) is 36.5 Å². The second-order valence-corrected chi connectivity index (χ2v) is 9.47. The zero-order valence-corrected chi connectivity index (χ0v) is 20.0. The summed E-state index contributed by atoms with van der Waals surface area (Å²) >= 11 is 6.13. The quantitative estimate of drug-likeness (QED) is 0.345. The molecule has 6 nitrogen and oxygen atoms in total. The minimum absolute atomic E-state index is 0.377. The number of para-hydroxylation sites is 1. The van der Waals surface area contributed by atoms with Gasteiger partial charge >= 0.3 is 0 Å². The van der Waals surface area contributed by atoms with Crippen molar-refractivity contribution in [1.29, 1.82) is 0 Å². The molecule has 2 aliphatic rings. The Morgan fingerprint density at radius 3 is 2.41 bits per heavy atom. The van der Waals surface area contributed by atoms with Crippen LogP contribution >= 0.6 is 11.6 Å². The van der Waals surface area contributed by atoms with Crippen molar-refractivity contribution in [3.05, 3.63) is 65.3 Å². The number of hydrogen-bond donors (Lipinski definition) is 0. The molecule has 3 heterocycles. The van der Waals surface area contributed by atoms with Crippen LogP contribution in [0.2, 0.25) is 5.02 Å². The average molecular weight is 477 g/mol. The minimum atomic E-state index is -0.385. The van der Waals surface area contributed by atoms with Gasteiger partial charge in [0.15, 0.2) is 0 Å². The van der Waals surface area contributed by atoms with Gasteiger partial charge in [-0.1, -0.05) is 36.6 Å². The molecule has 1 fully saturated rings. The molecule has 0 unspecified atom stereocenters. The van der Waals surface area contributed by atoms with E-state index in [2.05, 4.69) is 26.9 Å². The van der Waals surface area contributed by atoms with Crippen molar-refractivity contribution in [1.82, 2.24) is 9.88 Å². The normalized spacial score (nSPS) is 16.5. The second kappa shape index (κ2) is 10.1. The number of amides is 1. The summed E-state index contributed by atoms with van der Waals surface area (Å²) < 4.78 is 0. The predicted octanol–water partition coefficient (Wildman–Crippen LogP) is 4.80. The van der Waals surface area contributed by atoms with Gasteiger partial charge in [-0.2, -0.15) is 0 Å². The van der Waals surface area contributed by atoms with E-state index in [0.717, 1.165) is 75.0 Å². The molecule has 1 aromatic heterocycles. The summed E-state index contributed by atoms with van der Waals surface area (Å²) in [5.41, 5.74) is 3.48. The van der Waals surface area contributed by atoms with Crippen LogP contribution in [0.3, 0.4) is 0 Å². The van der Waals surface area contributed by atoms with Crippen LogP contribution in [0.15, 0.2) is 54.7 Å². The van der Waals surface area contributed by atoms with E-state index in [-0.39, 0.29) is 11.7 Å². The van der Waals surface area contributed by atoms with Crippen LogP contribution in [0, 0.1) is 0 Å². The minimum Gasteiger partial charge on any atom is -0.368 e. The molecule has 1 saturated heterocycles. The molecule has 176 valence electrons. The number of nitrogens with zero attached hydrogens (tertiary/aromatic N) is 4. The number of pyridine rings is 1. The lowest BCUT2D eigenvalue weighted by molar-refractivity contribution is -0.114. The van der Waals surface area contributed by atoms with E-state index >= 15 is 0 Å². The van der Waals surface area contributed by atoms with Gasteiger partial charge in [-0.3, -0.25) is 19.5 Å². The Balaban J connectivity index is 1.03. The van der Waals surface area contributed by atoms with Gasteiger partial charge in [0, 0.05) is 55.0 Å². The van der Waals surface area contributed by atoms with Crippen molar-refractivity contribution < 1.29 is 9.59 Å². The number of Topliss-reactive ketones (excluding diaryl/α,β-unsaturated/α-hetero) is 1. The summed E-state index contributed by atoms with van der Waals surface area (Å²) in [5.74, 6) is -0.762. The number of fused-ring (bicyclic) bond motifs is 2.